The van der Waals surface area contributed by atoms with Crippen molar-refractivity contribution in [3.8, 4) is 5.75 Å². The number of aryl methyl sites for hydroxylation is 1. The maximum absolute atomic E-state index is 12.9. The van der Waals surface area contributed by atoms with E-state index in [1.165, 1.54) is 19.4 Å². The lowest BCUT2D eigenvalue weighted by Crippen LogP contribution is -2.16. The Balaban J connectivity index is 1.79. The molecular weight excluding hydrogens is 438 g/mol. The highest BCUT2D eigenvalue weighted by atomic mass is 35.5. The highest BCUT2D eigenvalue weighted by Crippen LogP contribution is 2.33. The number of hydrogen-bond donors (Lipinski definition) is 2. The molecule has 0 atom stereocenters. The van der Waals surface area contributed by atoms with Gasteiger partial charge in [0.2, 0.25) is 0 Å². The number of rotatable bonds is 6. The van der Waals surface area contributed by atoms with Crippen LogP contribution in [-0.4, -0.2) is 30.5 Å². The average Bonchev–Trinajstić information content (AvgIpc) is 2.75. The minimum absolute atomic E-state index is 0.0167. The number of ether oxygens (including phenoxy) is 1. The van der Waals surface area contributed by atoms with E-state index in [1.807, 2.05) is 6.07 Å². The molecular formula is C21H18ClN5O3S. The second-order valence-corrected chi connectivity index (χ2v) is 8.74. The highest BCUT2D eigenvalue weighted by Gasteiger charge is 2.20. The quantitative estimate of drug-likeness (QED) is 0.439. The molecule has 0 radical (unpaired) electrons. The van der Waals surface area contributed by atoms with Gasteiger partial charge in [-0.15, -0.1) is 0 Å². The number of sulfonamides is 1. The van der Waals surface area contributed by atoms with Crippen LogP contribution in [-0.2, 0) is 10.0 Å². The lowest BCUT2D eigenvalue weighted by atomic mass is 10.2. The number of aromatic nitrogens is 3. The van der Waals surface area contributed by atoms with Gasteiger partial charge in [0.15, 0.2) is 11.6 Å². The van der Waals surface area contributed by atoms with E-state index in [1.54, 1.807) is 49.4 Å². The van der Waals surface area contributed by atoms with Crippen LogP contribution in [0.2, 0.25) is 5.02 Å². The number of nitrogens with one attached hydrogen (secondary N) is 2. The van der Waals surface area contributed by atoms with Crippen LogP contribution in [0.4, 0.5) is 17.3 Å². The largest absolute Gasteiger partial charge is 0.495 e. The summed E-state index contributed by atoms with van der Waals surface area (Å²) in [5, 5.41) is 3.59. The van der Waals surface area contributed by atoms with Gasteiger partial charge in [0, 0.05) is 23.0 Å². The third-order valence-electron chi connectivity index (χ3n) is 4.41. The van der Waals surface area contributed by atoms with Crippen LogP contribution in [0.3, 0.4) is 0 Å². The van der Waals surface area contributed by atoms with Crippen LogP contribution in [0.1, 0.15) is 5.69 Å². The van der Waals surface area contributed by atoms with Crippen molar-refractivity contribution < 1.29 is 13.2 Å². The SMILES string of the molecule is COc1cc(Cl)ccc1Nc1nc2ccccc2nc1NS(=O)(=O)c1ccc(C)nc1. The molecule has 0 saturated carbocycles. The summed E-state index contributed by atoms with van der Waals surface area (Å²) in [4.78, 5) is 13.1. The maximum Gasteiger partial charge on any atom is 0.264 e. The van der Waals surface area contributed by atoms with Gasteiger partial charge in [-0.1, -0.05) is 23.7 Å². The van der Waals surface area contributed by atoms with Crippen LogP contribution < -0.4 is 14.8 Å². The highest BCUT2D eigenvalue weighted by molar-refractivity contribution is 7.92. The molecule has 0 aliphatic carbocycles. The van der Waals surface area contributed by atoms with E-state index in [4.69, 9.17) is 16.3 Å². The summed E-state index contributed by atoms with van der Waals surface area (Å²) in [6.45, 7) is 1.78. The van der Waals surface area contributed by atoms with E-state index < -0.39 is 10.0 Å². The van der Waals surface area contributed by atoms with Crippen LogP contribution >= 0.6 is 11.6 Å². The number of fused-ring (bicyclic) bond motifs is 1. The molecule has 0 spiro atoms. The fourth-order valence-corrected chi connectivity index (χ4v) is 3.97. The van der Waals surface area contributed by atoms with Crippen molar-refractivity contribution in [1.29, 1.82) is 0 Å². The minimum Gasteiger partial charge on any atom is -0.495 e. The molecule has 0 saturated heterocycles. The molecule has 8 nitrogen and oxygen atoms in total. The summed E-state index contributed by atoms with van der Waals surface area (Å²) in [7, 11) is -2.43. The third kappa shape index (κ3) is 4.52. The van der Waals surface area contributed by atoms with Crippen molar-refractivity contribution >= 4 is 50.0 Å². The van der Waals surface area contributed by atoms with Crippen molar-refractivity contribution in [2.24, 2.45) is 0 Å². The molecule has 31 heavy (non-hydrogen) atoms. The average molecular weight is 456 g/mol. The Hall–Kier alpha value is -3.43. The molecule has 10 heteroatoms. The maximum atomic E-state index is 12.9. The van der Waals surface area contributed by atoms with Crippen molar-refractivity contribution in [2.45, 2.75) is 11.8 Å². The van der Waals surface area contributed by atoms with E-state index in [2.05, 4.69) is 25.0 Å². The number of benzene rings is 2. The number of hydrogen-bond acceptors (Lipinski definition) is 7. The van der Waals surface area contributed by atoms with Crippen molar-refractivity contribution in [2.75, 3.05) is 17.1 Å². The van der Waals surface area contributed by atoms with Gasteiger partial charge in [-0.3, -0.25) is 9.71 Å². The van der Waals surface area contributed by atoms with E-state index in [0.29, 0.717) is 33.2 Å². The molecule has 4 aromatic rings. The Labute approximate surface area is 184 Å². The predicted octanol–water partition coefficient (Wildman–Crippen LogP) is 4.54. The molecule has 2 aromatic carbocycles. The first-order valence-electron chi connectivity index (χ1n) is 9.18. The lowest BCUT2D eigenvalue weighted by Gasteiger charge is -2.15. The molecule has 0 fully saturated rings. The van der Waals surface area contributed by atoms with Gasteiger partial charge in [0.25, 0.3) is 10.0 Å². The molecule has 2 aromatic heterocycles. The van der Waals surface area contributed by atoms with Crippen LogP contribution in [0, 0.1) is 6.92 Å². The smallest absolute Gasteiger partial charge is 0.264 e. The molecule has 0 amide bonds. The number of nitrogens with zero attached hydrogens (tertiary/aromatic N) is 3. The number of para-hydroxylation sites is 2. The fraction of sp³-hybridized carbons (Fsp3) is 0.0952. The number of halogens is 1. The van der Waals surface area contributed by atoms with Gasteiger partial charge >= 0.3 is 0 Å². The number of pyridine rings is 1. The molecule has 0 aliphatic rings. The van der Waals surface area contributed by atoms with Gasteiger partial charge in [0.05, 0.1) is 23.8 Å². The summed E-state index contributed by atoms with van der Waals surface area (Å²) in [6.07, 6.45) is 1.29. The van der Waals surface area contributed by atoms with Gasteiger partial charge in [-0.25, -0.2) is 18.4 Å². The van der Waals surface area contributed by atoms with Crippen LogP contribution in [0.5, 0.6) is 5.75 Å². The third-order valence-corrected chi connectivity index (χ3v) is 5.97. The van der Waals surface area contributed by atoms with E-state index in [0.717, 1.165) is 0 Å². The number of methoxy groups -OCH3 is 1. The van der Waals surface area contributed by atoms with Gasteiger partial charge in [-0.2, -0.15) is 0 Å². The predicted molar refractivity (Wildman–Crippen MR) is 121 cm³/mol. The molecule has 0 aliphatic heterocycles. The first-order chi connectivity index (χ1) is 14.9. The van der Waals surface area contributed by atoms with Gasteiger partial charge < -0.3 is 10.1 Å². The summed E-state index contributed by atoms with van der Waals surface area (Å²) in [6, 6.07) is 15.3. The second-order valence-electron chi connectivity index (χ2n) is 6.62. The minimum atomic E-state index is -3.94. The summed E-state index contributed by atoms with van der Waals surface area (Å²) in [5.74, 6) is 0.721. The van der Waals surface area contributed by atoms with E-state index in [9.17, 15) is 8.42 Å². The molecule has 158 valence electrons. The first kappa shape index (κ1) is 20.8. The lowest BCUT2D eigenvalue weighted by molar-refractivity contribution is 0.417. The van der Waals surface area contributed by atoms with Crippen LogP contribution in [0.25, 0.3) is 11.0 Å². The van der Waals surface area contributed by atoms with E-state index in [-0.39, 0.29) is 16.5 Å². The normalized spacial score (nSPS) is 11.3. The van der Waals surface area contributed by atoms with Crippen molar-refractivity contribution in [3.05, 3.63) is 71.5 Å². The molecule has 4 rings (SSSR count). The van der Waals surface area contributed by atoms with Gasteiger partial charge in [0.1, 0.15) is 10.6 Å². The molecule has 2 N–H and O–H groups in total. The number of anilines is 3. The molecule has 2 heterocycles. The fourth-order valence-electron chi connectivity index (χ4n) is 2.85. The van der Waals surface area contributed by atoms with Crippen molar-refractivity contribution in [1.82, 2.24) is 15.0 Å². The Bertz CT molecular complexity index is 1360. The first-order valence-corrected chi connectivity index (χ1v) is 11.0. The summed E-state index contributed by atoms with van der Waals surface area (Å²) in [5.41, 5.74) is 2.39. The monoisotopic (exact) mass is 455 g/mol. The Morgan fingerprint density at radius 3 is 2.32 bits per heavy atom. The van der Waals surface area contributed by atoms with Crippen molar-refractivity contribution in [3.63, 3.8) is 0 Å². The summed E-state index contributed by atoms with van der Waals surface area (Å²) < 4.78 is 33.7. The topological polar surface area (TPSA) is 106 Å². The zero-order valence-electron chi connectivity index (χ0n) is 16.6. The van der Waals surface area contributed by atoms with E-state index >= 15 is 0 Å². The zero-order valence-corrected chi connectivity index (χ0v) is 18.2. The zero-order chi connectivity index (χ0) is 22.0. The molecule has 0 bridgehead atoms. The Kier molecular flexibility index (Phi) is 5.62. The van der Waals surface area contributed by atoms with Gasteiger partial charge in [-0.05, 0) is 43.3 Å². The summed E-state index contributed by atoms with van der Waals surface area (Å²) >= 11 is 6.04. The second kappa shape index (κ2) is 8.37. The Morgan fingerprint density at radius 2 is 1.68 bits per heavy atom. The van der Waals surface area contributed by atoms with Crippen LogP contribution in [0.15, 0.2) is 65.7 Å². The molecule has 0 unspecified atom stereocenters. The standard InChI is InChI=1S/C21H18ClN5O3S/c1-13-7-9-15(12-23-13)31(28,29)27-21-20(24-16-5-3-4-6-17(16)25-21)26-18-10-8-14(22)11-19(18)30-2/h3-12H,1-2H3,(H,24,26)(H,25,27). The Morgan fingerprint density at radius 1 is 0.968 bits per heavy atom.